The number of imidazole rings is 1. The highest BCUT2D eigenvalue weighted by Gasteiger charge is 2.46. The number of fused-ring (bicyclic) bond motifs is 5. The number of aromatic nitrogens is 8. The number of aryl methyl sites for hydroxylation is 2. The lowest BCUT2D eigenvalue weighted by Gasteiger charge is -2.44. The maximum Gasteiger partial charge on any atom is 0.412 e. The Labute approximate surface area is 522 Å². The fourth-order valence-corrected chi connectivity index (χ4v) is 15.2. The number of para-hydroxylation sites is 3. The zero-order valence-corrected chi connectivity index (χ0v) is 51.7. The molecule has 0 bridgehead atoms. The summed E-state index contributed by atoms with van der Waals surface area (Å²) in [5.41, 5.74) is 9.01. The van der Waals surface area contributed by atoms with Gasteiger partial charge in [-0.25, -0.2) is 19.2 Å². The standard InChI is InChI=1S/C33H42N8O4.C33H41N7O5/c1-22-19-23(20-27-30(22)36-37-35-27)21-29(31(42)39-17-15-38(16-18-39)24-7-3-2-4-8-24)45-33(44)40-13-11-25(12-14-40)41-28-10-6-5-9-26(28)34-32(41)43;1-22-19-23(20-27-29(22)36-37-35-27)21-28(30(41)39-17-15-38(16-18-39)24-7-3-2-4-8-24)44-32(43)40-13-11-33(12-14-40)25-9-5-6-10-26(25)34-31(42)45-33/h5-6,9-10,19-20,24-25,29H,2-4,7-8,11-18,21H2,1H3,(H,34,43)(H,35,36,37);5-6,9-10,19-20,24,28H,2-4,7-8,11-18,21H2,1H3,(H,34,42)(H,35,36,37). The van der Waals surface area contributed by atoms with Crippen molar-refractivity contribution in [1.82, 2.24) is 69.8 Å². The number of piperidine rings is 2. The molecule has 1 spiro atoms. The van der Waals surface area contributed by atoms with Crippen LogP contribution in [0.4, 0.5) is 20.1 Å². The van der Waals surface area contributed by atoms with E-state index in [-0.39, 0.29) is 36.4 Å². The molecule has 4 N–H and O–H groups in total. The fraction of sp³-hybridized carbons (Fsp3) is 0.545. The molecular formula is C66H83N15O9. The van der Waals surface area contributed by atoms with Crippen molar-refractivity contribution < 1.29 is 38.2 Å². The minimum Gasteiger partial charge on any atom is -0.438 e. The summed E-state index contributed by atoms with van der Waals surface area (Å²) >= 11 is 0. The van der Waals surface area contributed by atoms with E-state index in [1.807, 2.05) is 96.4 Å². The highest BCUT2D eigenvalue weighted by Crippen LogP contribution is 2.44. The van der Waals surface area contributed by atoms with Crippen LogP contribution in [-0.2, 0) is 42.2 Å². The van der Waals surface area contributed by atoms with Crippen molar-refractivity contribution in [3.05, 3.63) is 111 Å². The number of likely N-dealkylation sites (tertiary alicyclic amines) is 2. The molecule has 8 heterocycles. The van der Waals surface area contributed by atoms with Gasteiger partial charge in [0.1, 0.15) is 27.7 Å². The summed E-state index contributed by atoms with van der Waals surface area (Å²) in [7, 11) is 0. The van der Waals surface area contributed by atoms with Crippen molar-refractivity contribution >= 4 is 68.9 Å². The predicted molar refractivity (Wildman–Crippen MR) is 337 cm³/mol. The molecule has 0 radical (unpaired) electrons. The second-order valence-electron chi connectivity index (χ2n) is 25.7. The van der Waals surface area contributed by atoms with Gasteiger partial charge in [0, 0.05) is 128 Å². The van der Waals surface area contributed by atoms with Crippen LogP contribution in [0, 0.1) is 13.8 Å². The van der Waals surface area contributed by atoms with E-state index >= 15 is 0 Å². The molecular weight excluding hydrogens is 1150 g/mol. The Morgan fingerprint density at radius 3 is 1.58 bits per heavy atom. The molecule has 2 aliphatic carbocycles. The Hall–Kier alpha value is -8.38. The Morgan fingerprint density at radius 2 is 1.04 bits per heavy atom. The molecule has 476 valence electrons. The number of nitrogens with one attached hydrogen (secondary N) is 4. The number of nitrogens with zero attached hydrogens (tertiary/aromatic N) is 11. The van der Waals surface area contributed by atoms with Gasteiger partial charge in [-0.15, -0.1) is 0 Å². The van der Waals surface area contributed by atoms with E-state index in [2.05, 4.69) is 50.9 Å². The molecule has 7 aliphatic rings. The monoisotopic (exact) mass is 1230 g/mol. The van der Waals surface area contributed by atoms with Gasteiger partial charge < -0.3 is 38.8 Å². The lowest BCUT2D eigenvalue weighted by Crippen LogP contribution is -2.55. The zero-order valence-electron chi connectivity index (χ0n) is 51.7. The number of hydrogen-bond acceptors (Lipinski definition) is 15. The third-order valence-electron chi connectivity index (χ3n) is 20.1. The summed E-state index contributed by atoms with van der Waals surface area (Å²) in [6.45, 7) is 11.4. The van der Waals surface area contributed by atoms with Crippen LogP contribution < -0.4 is 11.0 Å². The number of aromatic amines is 3. The van der Waals surface area contributed by atoms with Crippen molar-refractivity contribution in [2.75, 3.05) is 83.9 Å². The lowest BCUT2D eigenvalue weighted by molar-refractivity contribution is -0.143. The quantitative estimate of drug-likeness (QED) is 0.0891. The first kappa shape index (κ1) is 60.5. The summed E-state index contributed by atoms with van der Waals surface area (Å²) < 4.78 is 19.8. The van der Waals surface area contributed by atoms with Crippen LogP contribution in [0.15, 0.2) is 77.6 Å². The van der Waals surface area contributed by atoms with E-state index in [0.29, 0.717) is 95.6 Å². The Kier molecular flexibility index (Phi) is 17.9. The zero-order chi connectivity index (χ0) is 61.9. The van der Waals surface area contributed by atoms with Gasteiger partial charge in [-0.3, -0.25) is 29.3 Å². The van der Waals surface area contributed by atoms with Crippen molar-refractivity contribution in [2.45, 2.75) is 153 Å². The number of carbonyl (C=O) groups is 5. The average Bonchev–Trinajstić information content (AvgIpc) is 1.01. The maximum atomic E-state index is 14.0. The van der Waals surface area contributed by atoms with Crippen LogP contribution in [0.25, 0.3) is 33.1 Å². The number of piperazine rings is 2. The van der Waals surface area contributed by atoms with E-state index in [1.54, 1.807) is 14.4 Å². The molecule has 2 atom stereocenters. The first-order chi connectivity index (χ1) is 43.8. The van der Waals surface area contributed by atoms with Gasteiger partial charge in [0.15, 0.2) is 12.2 Å². The number of ether oxygens (including phenoxy) is 3. The molecule has 5 aliphatic heterocycles. The average molecular weight is 1230 g/mol. The van der Waals surface area contributed by atoms with Crippen molar-refractivity contribution in [3.63, 3.8) is 0 Å². The minimum atomic E-state index is -0.976. The van der Waals surface area contributed by atoms with Crippen molar-refractivity contribution in [2.24, 2.45) is 0 Å². The summed E-state index contributed by atoms with van der Waals surface area (Å²) in [6, 6.07) is 24.3. The van der Waals surface area contributed by atoms with Gasteiger partial charge in [0.05, 0.1) is 16.7 Å². The topological polar surface area (TPSA) is 265 Å². The number of amides is 5. The van der Waals surface area contributed by atoms with E-state index < -0.39 is 36.1 Å². The Morgan fingerprint density at radius 1 is 0.556 bits per heavy atom. The number of hydrogen-bond donors (Lipinski definition) is 4. The van der Waals surface area contributed by atoms with Gasteiger partial charge in [0.2, 0.25) is 0 Å². The summed E-state index contributed by atoms with van der Waals surface area (Å²) in [4.78, 5) is 95.4. The van der Waals surface area contributed by atoms with E-state index in [1.165, 1.54) is 64.2 Å². The Balaban J connectivity index is 0.000000165. The van der Waals surface area contributed by atoms with E-state index in [9.17, 15) is 28.8 Å². The number of rotatable bonds is 11. The van der Waals surface area contributed by atoms with Crippen LogP contribution in [0.5, 0.6) is 0 Å². The van der Waals surface area contributed by atoms with Crippen LogP contribution in [0.1, 0.15) is 124 Å². The van der Waals surface area contributed by atoms with Gasteiger partial charge in [-0.05, 0) is 105 Å². The van der Waals surface area contributed by atoms with Gasteiger partial charge in [0.25, 0.3) is 11.8 Å². The molecule has 24 heteroatoms. The normalized spacial score (nSPS) is 20.5. The second kappa shape index (κ2) is 26.6. The SMILES string of the molecule is Cc1cc(CC(OC(=O)N2CCC(n3c(=O)[nH]c4ccccc43)CC2)C(=O)N2CCN(C3CCCCC3)CC2)cc2n[nH]nc12.Cc1cc(CC(OC(=O)N2CCC3(CC2)OC(=O)Nc2ccccc23)C(=O)N2CCN(C3CCCCC3)CC2)cc2n[nH]nc12. The van der Waals surface area contributed by atoms with Gasteiger partial charge in [-0.2, -0.15) is 30.8 Å². The molecule has 14 rings (SSSR count). The smallest absolute Gasteiger partial charge is 0.412 e. The molecule has 2 saturated carbocycles. The molecule has 24 nitrogen and oxygen atoms in total. The van der Waals surface area contributed by atoms with Crippen LogP contribution in [0.2, 0.25) is 0 Å². The first-order valence-electron chi connectivity index (χ1n) is 32.7. The maximum absolute atomic E-state index is 14.0. The molecule has 3 aromatic heterocycles. The first-order valence-corrected chi connectivity index (χ1v) is 32.7. The summed E-state index contributed by atoms with van der Waals surface area (Å²) in [5, 5.41) is 25.0. The molecule has 90 heavy (non-hydrogen) atoms. The second-order valence-corrected chi connectivity index (χ2v) is 25.7. The van der Waals surface area contributed by atoms with Crippen LogP contribution in [0.3, 0.4) is 0 Å². The number of H-pyrrole nitrogens is 3. The fourth-order valence-electron chi connectivity index (χ4n) is 15.2. The third-order valence-corrected chi connectivity index (χ3v) is 20.1. The van der Waals surface area contributed by atoms with E-state index in [4.69, 9.17) is 14.2 Å². The minimum absolute atomic E-state index is 0.0206. The third kappa shape index (κ3) is 13.0. The summed E-state index contributed by atoms with van der Waals surface area (Å²) in [6.07, 6.45) is 11.9. The Bertz CT molecular complexity index is 3780. The van der Waals surface area contributed by atoms with Crippen LogP contribution in [-0.4, -0.2) is 203 Å². The van der Waals surface area contributed by atoms with Crippen molar-refractivity contribution in [3.8, 4) is 0 Å². The predicted octanol–water partition coefficient (Wildman–Crippen LogP) is 8.12. The highest BCUT2D eigenvalue weighted by molar-refractivity contribution is 5.89. The van der Waals surface area contributed by atoms with Gasteiger partial charge in [-0.1, -0.05) is 81.0 Å². The molecule has 5 amide bonds. The highest BCUT2D eigenvalue weighted by atomic mass is 16.6. The number of benzene rings is 4. The molecule has 2 unspecified atom stereocenters. The molecule has 4 aromatic carbocycles. The van der Waals surface area contributed by atoms with Gasteiger partial charge >= 0.3 is 24.0 Å². The molecule has 6 fully saturated rings. The number of anilines is 1. The lowest BCUT2D eigenvalue weighted by atomic mass is 9.82. The summed E-state index contributed by atoms with van der Waals surface area (Å²) in [5.74, 6) is -0.316. The van der Waals surface area contributed by atoms with Crippen LogP contribution >= 0.6 is 0 Å². The number of carbonyl (C=O) groups excluding carboxylic acids is 5. The molecule has 7 aromatic rings. The largest absolute Gasteiger partial charge is 0.438 e. The van der Waals surface area contributed by atoms with Crippen molar-refractivity contribution in [1.29, 1.82) is 0 Å². The van der Waals surface area contributed by atoms with E-state index in [0.717, 1.165) is 87.3 Å². The molecule has 4 saturated heterocycles.